The van der Waals surface area contributed by atoms with Crippen LogP contribution in [-0.2, 0) is 27.9 Å². The van der Waals surface area contributed by atoms with Crippen molar-refractivity contribution in [2.24, 2.45) is 10.9 Å². The molecule has 2 aromatic rings. The minimum absolute atomic E-state index is 0. The Morgan fingerprint density at radius 2 is 1.87 bits per heavy atom. The molecule has 1 atom stereocenters. The van der Waals surface area contributed by atoms with Crippen molar-refractivity contribution in [2.45, 2.75) is 24.3 Å². The van der Waals surface area contributed by atoms with Crippen LogP contribution in [0.3, 0.4) is 0 Å². The third-order valence-corrected chi connectivity index (χ3v) is 7.53. The molecule has 0 fully saturated rings. The first-order valence-corrected chi connectivity index (χ1v) is 11.7. The summed E-state index contributed by atoms with van der Waals surface area (Å²) in [5.74, 6) is 0.987. The Kier molecular flexibility index (Phi) is 11.9. The van der Waals surface area contributed by atoms with Crippen molar-refractivity contribution >= 4 is 51.3 Å². The van der Waals surface area contributed by atoms with Crippen molar-refractivity contribution < 1.29 is 13.2 Å². The third kappa shape index (κ3) is 8.50. The van der Waals surface area contributed by atoms with Crippen LogP contribution in [0.4, 0.5) is 0 Å². The largest absolute Gasteiger partial charge is 0.376 e. The van der Waals surface area contributed by atoms with Gasteiger partial charge >= 0.3 is 0 Å². The van der Waals surface area contributed by atoms with E-state index in [9.17, 15) is 8.42 Å². The van der Waals surface area contributed by atoms with Crippen molar-refractivity contribution in [3.05, 3.63) is 52.9 Å². The smallest absolute Gasteiger partial charge is 0.252 e. The SMILES string of the molecule is CN=C(NCc1ccc(S(=O)(=O)N(C)C)s1)NCC(C)COCc1ccccc1.I. The molecule has 0 bridgehead atoms. The van der Waals surface area contributed by atoms with E-state index in [0.29, 0.717) is 35.8 Å². The summed E-state index contributed by atoms with van der Waals surface area (Å²) < 4.78 is 31.7. The molecule has 2 N–H and O–H groups in total. The summed E-state index contributed by atoms with van der Waals surface area (Å²) in [6, 6.07) is 13.6. The molecule has 1 heterocycles. The second kappa shape index (κ2) is 13.3. The van der Waals surface area contributed by atoms with Gasteiger partial charge in [-0.15, -0.1) is 35.3 Å². The molecule has 0 amide bonds. The van der Waals surface area contributed by atoms with Crippen molar-refractivity contribution in [3.63, 3.8) is 0 Å². The van der Waals surface area contributed by atoms with Crippen LogP contribution >= 0.6 is 35.3 Å². The van der Waals surface area contributed by atoms with Crippen LogP contribution < -0.4 is 10.6 Å². The Labute approximate surface area is 201 Å². The summed E-state index contributed by atoms with van der Waals surface area (Å²) in [6.45, 7) is 4.60. The maximum absolute atomic E-state index is 12.2. The molecule has 0 radical (unpaired) electrons. The fourth-order valence-corrected chi connectivity index (χ4v) is 4.91. The molecular formula is C20H31IN4O3S2. The number of rotatable bonds is 10. The van der Waals surface area contributed by atoms with Gasteiger partial charge in [0.05, 0.1) is 19.8 Å². The van der Waals surface area contributed by atoms with E-state index in [4.69, 9.17) is 4.74 Å². The standard InChI is InChI=1S/C20H30N4O3S2.HI/c1-16(14-27-15-17-8-6-5-7-9-17)12-22-20(21-2)23-13-18-10-11-19(28-18)29(25,26)24(3)4;/h5-11,16H,12-15H2,1-4H3,(H2,21,22,23);1H. The van der Waals surface area contributed by atoms with E-state index in [1.165, 1.54) is 29.7 Å². The maximum Gasteiger partial charge on any atom is 0.252 e. The second-order valence-corrected chi connectivity index (χ2v) is 10.5. The quantitative estimate of drug-likeness (QED) is 0.263. The number of benzene rings is 1. The van der Waals surface area contributed by atoms with E-state index in [0.717, 1.165) is 17.0 Å². The Hall–Kier alpha value is -1.21. The molecule has 10 heteroatoms. The summed E-state index contributed by atoms with van der Waals surface area (Å²) >= 11 is 1.26. The zero-order valence-corrected chi connectivity index (χ0v) is 21.8. The van der Waals surface area contributed by atoms with Gasteiger partial charge in [-0.2, -0.15) is 0 Å². The number of hydrogen-bond acceptors (Lipinski definition) is 5. The summed E-state index contributed by atoms with van der Waals surface area (Å²) in [4.78, 5) is 5.14. The van der Waals surface area contributed by atoms with Gasteiger partial charge in [0.15, 0.2) is 5.96 Å². The molecule has 0 aliphatic rings. The van der Waals surface area contributed by atoms with Crippen LogP contribution in [0.2, 0.25) is 0 Å². The fourth-order valence-electron chi connectivity index (χ4n) is 2.45. The van der Waals surface area contributed by atoms with Crippen LogP contribution in [-0.4, -0.2) is 53.0 Å². The van der Waals surface area contributed by atoms with Gasteiger partial charge in [-0.25, -0.2) is 12.7 Å². The molecule has 0 saturated carbocycles. The number of nitrogens with zero attached hydrogens (tertiary/aromatic N) is 2. The summed E-state index contributed by atoms with van der Waals surface area (Å²) in [5, 5.41) is 6.50. The highest BCUT2D eigenvalue weighted by Gasteiger charge is 2.19. The van der Waals surface area contributed by atoms with E-state index in [-0.39, 0.29) is 24.0 Å². The molecule has 1 aromatic carbocycles. The normalized spacial score (nSPS) is 13.0. The summed E-state index contributed by atoms with van der Waals surface area (Å²) in [7, 11) is 1.39. The van der Waals surface area contributed by atoms with Crippen LogP contribution in [0.15, 0.2) is 51.7 Å². The van der Waals surface area contributed by atoms with Crippen LogP contribution in [0, 0.1) is 5.92 Å². The van der Waals surface area contributed by atoms with Gasteiger partial charge in [0.25, 0.3) is 10.0 Å². The molecule has 1 aromatic heterocycles. The van der Waals surface area contributed by atoms with Gasteiger partial charge < -0.3 is 15.4 Å². The molecular weight excluding hydrogens is 535 g/mol. The molecule has 0 aliphatic heterocycles. The lowest BCUT2D eigenvalue weighted by Crippen LogP contribution is -2.39. The molecule has 168 valence electrons. The summed E-state index contributed by atoms with van der Waals surface area (Å²) in [5.41, 5.74) is 1.16. The summed E-state index contributed by atoms with van der Waals surface area (Å²) in [6.07, 6.45) is 0. The number of sulfonamides is 1. The molecule has 0 spiro atoms. The highest BCUT2D eigenvalue weighted by molar-refractivity contribution is 14.0. The van der Waals surface area contributed by atoms with E-state index in [1.54, 1.807) is 13.1 Å². The molecule has 0 aliphatic carbocycles. The lowest BCUT2D eigenvalue weighted by atomic mass is 10.2. The zero-order valence-electron chi connectivity index (χ0n) is 17.8. The molecule has 30 heavy (non-hydrogen) atoms. The number of halogens is 1. The maximum atomic E-state index is 12.2. The number of thiophene rings is 1. The first kappa shape index (κ1) is 26.8. The average molecular weight is 567 g/mol. The molecule has 7 nitrogen and oxygen atoms in total. The van der Waals surface area contributed by atoms with Crippen molar-refractivity contribution in [3.8, 4) is 0 Å². The molecule has 2 rings (SSSR count). The third-order valence-electron chi connectivity index (χ3n) is 4.16. The number of nitrogens with one attached hydrogen (secondary N) is 2. The van der Waals surface area contributed by atoms with Crippen LogP contribution in [0.25, 0.3) is 0 Å². The fraction of sp³-hybridized carbons (Fsp3) is 0.450. The van der Waals surface area contributed by atoms with Gasteiger partial charge in [-0.05, 0) is 23.6 Å². The lowest BCUT2D eigenvalue weighted by Gasteiger charge is -2.16. The Bertz CT molecular complexity index is 886. The van der Waals surface area contributed by atoms with Crippen LogP contribution in [0.5, 0.6) is 0 Å². The molecule has 0 saturated heterocycles. The van der Waals surface area contributed by atoms with Gasteiger partial charge in [-0.3, -0.25) is 4.99 Å². The zero-order chi connectivity index (χ0) is 21.3. The van der Waals surface area contributed by atoms with Crippen molar-refractivity contribution in [2.75, 3.05) is 34.3 Å². The van der Waals surface area contributed by atoms with Gasteiger partial charge in [0, 0.05) is 32.6 Å². The van der Waals surface area contributed by atoms with E-state index in [2.05, 4.69) is 34.7 Å². The Morgan fingerprint density at radius 3 is 2.50 bits per heavy atom. The van der Waals surface area contributed by atoms with Crippen LogP contribution in [0.1, 0.15) is 17.4 Å². The number of ether oxygens (including phenoxy) is 1. The predicted octanol–water partition coefficient (Wildman–Crippen LogP) is 3.13. The average Bonchev–Trinajstić information content (AvgIpc) is 3.18. The number of hydrogen-bond donors (Lipinski definition) is 2. The number of guanidine groups is 1. The van der Waals surface area contributed by atoms with E-state index in [1.807, 2.05) is 24.3 Å². The monoisotopic (exact) mass is 566 g/mol. The van der Waals surface area contributed by atoms with E-state index < -0.39 is 10.0 Å². The first-order chi connectivity index (χ1) is 13.8. The minimum atomic E-state index is -3.39. The van der Waals surface area contributed by atoms with Crippen molar-refractivity contribution in [1.82, 2.24) is 14.9 Å². The Morgan fingerprint density at radius 1 is 1.17 bits per heavy atom. The van der Waals surface area contributed by atoms with Gasteiger partial charge in [0.2, 0.25) is 0 Å². The van der Waals surface area contributed by atoms with Gasteiger partial charge in [-0.1, -0.05) is 37.3 Å². The predicted molar refractivity (Wildman–Crippen MR) is 134 cm³/mol. The lowest BCUT2D eigenvalue weighted by molar-refractivity contribution is 0.0931. The topological polar surface area (TPSA) is 83.0 Å². The highest BCUT2D eigenvalue weighted by Crippen LogP contribution is 2.23. The Balaban J connectivity index is 0.00000450. The number of aliphatic imine (C=N–C) groups is 1. The highest BCUT2D eigenvalue weighted by atomic mass is 127. The first-order valence-electron chi connectivity index (χ1n) is 9.40. The minimum Gasteiger partial charge on any atom is -0.376 e. The van der Waals surface area contributed by atoms with Gasteiger partial charge in [0.1, 0.15) is 4.21 Å². The molecule has 1 unspecified atom stereocenters. The van der Waals surface area contributed by atoms with E-state index >= 15 is 0 Å². The second-order valence-electron chi connectivity index (χ2n) is 6.92. The van der Waals surface area contributed by atoms with Crippen molar-refractivity contribution in [1.29, 1.82) is 0 Å².